The van der Waals surface area contributed by atoms with Crippen molar-refractivity contribution in [3.8, 4) is 0 Å². The van der Waals surface area contributed by atoms with Gasteiger partial charge < -0.3 is 14.6 Å². The van der Waals surface area contributed by atoms with Crippen LogP contribution in [-0.4, -0.2) is 38.3 Å². The first-order chi connectivity index (χ1) is 9.92. The fraction of sp³-hybridized carbons (Fsp3) is 0.714. The summed E-state index contributed by atoms with van der Waals surface area (Å²) < 4.78 is 35.0. The second-order valence-electron chi connectivity index (χ2n) is 5.58. The Morgan fingerprint density at radius 1 is 1.48 bits per heavy atom. The lowest BCUT2D eigenvalue weighted by Crippen LogP contribution is -2.41. The van der Waals surface area contributed by atoms with Crippen molar-refractivity contribution in [3.05, 3.63) is 18.0 Å². The molecule has 1 fully saturated rings. The fourth-order valence-corrected chi connectivity index (χ4v) is 3.92. The van der Waals surface area contributed by atoms with Gasteiger partial charge in [0, 0.05) is 38.1 Å². The van der Waals surface area contributed by atoms with E-state index in [1.807, 2.05) is 25.5 Å². The predicted molar refractivity (Wildman–Crippen MR) is 81.6 cm³/mol. The van der Waals surface area contributed by atoms with Crippen molar-refractivity contribution in [3.63, 3.8) is 0 Å². The van der Waals surface area contributed by atoms with Crippen LogP contribution in [0.1, 0.15) is 32.4 Å². The van der Waals surface area contributed by atoms with Gasteiger partial charge in [0.05, 0.1) is 11.0 Å². The molecule has 7 heteroatoms. The second-order valence-corrected chi connectivity index (χ2v) is 7.30. The van der Waals surface area contributed by atoms with Crippen LogP contribution in [-0.2, 0) is 28.4 Å². The Balaban J connectivity index is 2.08. The van der Waals surface area contributed by atoms with Crippen molar-refractivity contribution in [1.82, 2.24) is 14.6 Å². The topological polar surface area (TPSA) is 72.4 Å². The highest BCUT2D eigenvalue weighted by Gasteiger charge is 2.26. The molecule has 2 rings (SSSR count). The van der Waals surface area contributed by atoms with Gasteiger partial charge in [0.15, 0.2) is 0 Å². The highest BCUT2D eigenvalue weighted by Crippen LogP contribution is 2.18. The van der Waals surface area contributed by atoms with Gasteiger partial charge in [-0.1, -0.05) is 6.92 Å². The summed E-state index contributed by atoms with van der Waals surface area (Å²) in [4.78, 5) is 0.331. The normalized spacial score (nSPS) is 23.4. The van der Waals surface area contributed by atoms with Crippen LogP contribution in [0.15, 0.2) is 17.2 Å². The number of nitrogens with zero attached hydrogens (tertiary/aromatic N) is 1. The Morgan fingerprint density at radius 2 is 2.24 bits per heavy atom. The number of rotatable bonds is 6. The molecule has 0 saturated carbocycles. The predicted octanol–water partition coefficient (Wildman–Crippen LogP) is 0.980. The smallest absolute Gasteiger partial charge is 0.242 e. The van der Waals surface area contributed by atoms with Crippen LogP contribution in [0.3, 0.4) is 0 Å². The van der Waals surface area contributed by atoms with E-state index in [2.05, 4.69) is 10.0 Å². The zero-order valence-corrected chi connectivity index (χ0v) is 13.7. The number of ether oxygens (including phenoxy) is 1. The SMILES string of the molecule is CCNCc1cc(S(=O)(=O)NC2CCOC(C)C2)cn1C. The molecule has 0 aromatic carbocycles. The summed E-state index contributed by atoms with van der Waals surface area (Å²) >= 11 is 0. The van der Waals surface area contributed by atoms with Gasteiger partial charge in [0.2, 0.25) is 10.0 Å². The van der Waals surface area contributed by atoms with Gasteiger partial charge in [0.1, 0.15) is 0 Å². The number of nitrogens with one attached hydrogen (secondary N) is 2. The number of aryl methyl sites for hydroxylation is 1. The van der Waals surface area contributed by atoms with Gasteiger partial charge >= 0.3 is 0 Å². The molecule has 1 aromatic rings. The average Bonchev–Trinajstić information content (AvgIpc) is 2.78. The van der Waals surface area contributed by atoms with Crippen molar-refractivity contribution >= 4 is 10.0 Å². The average molecular weight is 315 g/mol. The third kappa shape index (κ3) is 4.29. The lowest BCUT2D eigenvalue weighted by Gasteiger charge is -2.27. The van der Waals surface area contributed by atoms with Crippen LogP contribution in [0, 0.1) is 0 Å². The van der Waals surface area contributed by atoms with Gasteiger partial charge in [-0.15, -0.1) is 0 Å². The third-order valence-corrected chi connectivity index (χ3v) is 5.24. The summed E-state index contributed by atoms with van der Waals surface area (Å²) in [5.41, 5.74) is 0.956. The van der Waals surface area contributed by atoms with Gasteiger partial charge in [0.25, 0.3) is 0 Å². The summed E-state index contributed by atoms with van der Waals surface area (Å²) in [5.74, 6) is 0. The minimum absolute atomic E-state index is 0.0452. The van der Waals surface area contributed by atoms with Crippen LogP contribution in [0.25, 0.3) is 0 Å². The van der Waals surface area contributed by atoms with E-state index < -0.39 is 10.0 Å². The molecule has 0 aliphatic carbocycles. The van der Waals surface area contributed by atoms with Crippen molar-refractivity contribution < 1.29 is 13.2 Å². The summed E-state index contributed by atoms with van der Waals surface area (Å²) in [6.07, 6.45) is 3.21. The molecule has 2 unspecified atom stereocenters. The number of hydrogen-bond donors (Lipinski definition) is 2. The molecule has 1 aromatic heterocycles. The maximum Gasteiger partial charge on any atom is 0.242 e. The van der Waals surface area contributed by atoms with E-state index in [0.29, 0.717) is 18.0 Å². The number of aromatic nitrogens is 1. The van der Waals surface area contributed by atoms with E-state index in [4.69, 9.17) is 4.74 Å². The first kappa shape index (κ1) is 16.5. The molecular formula is C14H25N3O3S. The molecular weight excluding hydrogens is 290 g/mol. The van der Waals surface area contributed by atoms with E-state index in [1.54, 1.807) is 12.3 Å². The molecule has 0 bridgehead atoms. The minimum Gasteiger partial charge on any atom is -0.378 e. The molecule has 0 radical (unpaired) electrons. The van der Waals surface area contributed by atoms with E-state index in [-0.39, 0.29) is 12.1 Å². The fourth-order valence-electron chi connectivity index (χ4n) is 2.55. The molecule has 21 heavy (non-hydrogen) atoms. The highest BCUT2D eigenvalue weighted by molar-refractivity contribution is 7.89. The Morgan fingerprint density at radius 3 is 2.90 bits per heavy atom. The van der Waals surface area contributed by atoms with E-state index in [1.165, 1.54) is 0 Å². The summed E-state index contributed by atoms with van der Waals surface area (Å²) in [7, 11) is -1.60. The van der Waals surface area contributed by atoms with Crippen LogP contribution in [0.4, 0.5) is 0 Å². The van der Waals surface area contributed by atoms with Crippen molar-refractivity contribution in [1.29, 1.82) is 0 Å². The molecule has 0 spiro atoms. The summed E-state index contributed by atoms with van der Waals surface area (Å²) in [6, 6.07) is 1.68. The maximum atomic E-state index is 12.5. The molecule has 2 atom stereocenters. The van der Waals surface area contributed by atoms with Crippen LogP contribution >= 0.6 is 0 Å². The minimum atomic E-state index is -3.46. The molecule has 1 saturated heterocycles. The second kappa shape index (κ2) is 6.91. The zero-order chi connectivity index (χ0) is 15.5. The number of hydrogen-bond acceptors (Lipinski definition) is 4. The van der Waals surface area contributed by atoms with Crippen molar-refractivity contribution in [2.75, 3.05) is 13.2 Å². The standard InChI is InChI=1S/C14H25N3O3S/c1-4-15-9-13-8-14(10-17(13)3)21(18,19)16-12-5-6-20-11(2)7-12/h8,10-12,15-16H,4-7,9H2,1-3H3. The van der Waals surface area contributed by atoms with Crippen LogP contribution in [0.2, 0.25) is 0 Å². The molecule has 1 aliphatic rings. The molecule has 1 aliphatic heterocycles. The lowest BCUT2D eigenvalue weighted by molar-refractivity contribution is 0.0173. The number of sulfonamides is 1. The summed E-state index contributed by atoms with van der Waals surface area (Å²) in [5, 5.41) is 3.20. The van der Waals surface area contributed by atoms with Gasteiger partial charge in [-0.3, -0.25) is 0 Å². The Kier molecular flexibility index (Phi) is 5.43. The lowest BCUT2D eigenvalue weighted by atomic mass is 10.1. The van der Waals surface area contributed by atoms with Gasteiger partial charge in [-0.25, -0.2) is 13.1 Å². The maximum absolute atomic E-state index is 12.5. The van der Waals surface area contributed by atoms with Crippen LogP contribution in [0.5, 0.6) is 0 Å². The molecule has 6 nitrogen and oxygen atoms in total. The first-order valence-electron chi connectivity index (χ1n) is 7.42. The Labute approximate surface area is 126 Å². The van der Waals surface area contributed by atoms with Crippen LogP contribution < -0.4 is 10.0 Å². The molecule has 120 valence electrons. The van der Waals surface area contributed by atoms with Gasteiger partial charge in [-0.2, -0.15) is 0 Å². The third-order valence-electron chi connectivity index (χ3n) is 3.76. The molecule has 2 N–H and O–H groups in total. The van der Waals surface area contributed by atoms with E-state index >= 15 is 0 Å². The Bertz CT molecular complexity index is 568. The van der Waals surface area contributed by atoms with Gasteiger partial charge in [-0.05, 0) is 32.4 Å². The monoisotopic (exact) mass is 315 g/mol. The molecule has 0 amide bonds. The summed E-state index contributed by atoms with van der Waals surface area (Å²) in [6.45, 7) is 6.11. The van der Waals surface area contributed by atoms with Crippen molar-refractivity contribution in [2.45, 2.75) is 50.3 Å². The largest absolute Gasteiger partial charge is 0.378 e. The van der Waals surface area contributed by atoms with E-state index in [9.17, 15) is 8.42 Å². The first-order valence-corrected chi connectivity index (χ1v) is 8.90. The quantitative estimate of drug-likeness (QED) is 0.821. The van der Waals surface area contributed by atoms with E-state index in [0.717, 1.165) is 25.1 Å². The van der Waals surface area contributed by atoms with Crippen molar-refractivity contribution in [2.24, 2.45) is 7.05 Å². The highest BCUT2D eigenvalue weighted by atomic mass is 32.2. The molecule has 2 heterocycles. The Hall–Kier alpha value is -0.890. The zero-order valence-electron chi connectivity index (χ0n) is 12.9.